The van der Waals surface area contributed by atoms with Crippen molar-refractivity contribution >= 4 is 5.91 Å². The molecule has 1 aliphatic heterocycles. The zero-order chi connectivity index (χ0) is 12.0. The molecule has 1 amide bonds. The van der Waals surface area contributed by atoms with Gasteiger partial charge in [0.25, 0.3) is 0 Å². The van der Waals surface area contributed by atoms with Gasteiger partial charge in [-0.3, -0.25) is 4.79 Å². The van der Waals surface area contributed by atoms with Gasteiger partial charge in [-0.15, -0.1) is 0 Å². The molecular formula is C12H24N2O2. The number of carbonyl (C=O) groups excluding carboxylic acids is 1. The Hall–Kier alpha value is -0.610. The Labute approximate surface area is 97.9 Å². The summed E-state index contributed by atoms with van der Waals surface area (Å²) in [6.07, 6.45) is 4.48. The molecule has 0 radical (unpaired) electrons. The minimum Gasteiger partial charge on any atom is -0.376 e. The third kappa shape index (κ3) is 4.10. The van der Waals surface area contributed by atoms with Gasteiger partial charge in [-0.25, -0.2) is 0 Å². The molecule has 4 heteroatoms. The van der Waals surface area contributed by atoms with Crippen molar-refractivity contribution in [2.75, 3.05) is 13.2 Å². The van der Waals surface area contributed by atoms with E-state index in [1.807, 2.05) is 13.8 Å². The summed E-state index contributed by atoms with van der Waals surface area (Å²) in [6.45, 7) is 5.46. The number of carbonyl (C=O) groups is 1. The lowest BCUT2D eigenvalue weighted by Gasteiger charge is -2.24. The highest BCUT2D eigenvalue weighted by molar-refractivity contribution is 5.81. The lowest BCUT2D eigenvalue weighted by Crippen LogP contribution is -2.47. The van der Waals surface area contributed by atoms with Gasteiger partial charge in [0.1, 0.15) is 0 Å². The van der Waals surface area contributed by atoms with Crippen LogP contribution in [0, 0.1) is 5.92 Å². The van der Waals surface area contributed by atoms with Crippen molar-refractivity contribution in [2.24, 2.45) is 11.7 Å². The number of hydrogen-bond donors (Lipinski definition) is 2. The fourth-order valence-corrected chi connectivity index (χ4v) is 1.81. The molecule has 1 rings (SSSR count). The molecule has 3 N–H and O–H groups in total. The standard InChI is InChI=1S/C12H24N2O2/c1-3-9(2)11(13)12(15)14-8-10-6-4-5-7-16-10/h9-11H,3-8,13H2,1-2H3,(H,14,15)/t9-,10?,11-/m0/s1. The van der Waals surface area contributed by atoms with Gasteiger partial charge in [-0.1, -0.05) is 20.3 Å². The molecule has 0 aromatic rings. The average Bonchev–Trinajstić information content (AvgIpc) is 2.35. The van der Waals surface area contributed by atoms with Gasteiger partial charge in [0, 0.05) is 13.2 Å². The number of nitrogens with two attached hydrogens (primary N) is 1. The van der Waals surface area contributed by atoms with Crippen LogP contribution < -0.4 is 11.1 Å². The molecule has 94 valence electrons. The van der Waals surface area contributed by atoms with Crippen molar-refractivity contribution in [1.82, 2.24) is 5.32 Å². The predicted molar refractivity (Wildman–Crippen MR) is 64.0 cm³/mol. The van der Waals surface area contributed by atoms with Crippen LogP contribution in [0.4, 0.5) is 0 Å². The maximum Gasteiger partial charge on any atom is 0.237 e. The second-order valence-electron chi connectivity index (χ2n) is 4.65. The van der Waals surface area contributed by atoms with E-state index in [0.29, 0.717) is 6.54 Å². The predicted octanol–water partition coefficient (Wildman–Crippen LogP) is 1.05. The molecule has 0 saturated carbocycles. The highest BCUT2D eigenvalue weighted by Crippen LogP contribution is 2.12. The van der Waals surface area contributed by atoms with E-state index in [0.717, 1.165) is 25.9 Å². The number of hydrogen-bond acceptors (Lipinski definition) is 3. The summed E-state index contributed by atoms with van der Waals surface area (Å²) in [5, 5.41) is 2.88. The Bertz CT molecular complexity index is 215. The molecule has 0 bridgehead atoms. The van der Waals surface area contributed by atoms with Gasteiger partial charge in [0.05, 0.1) is 12.1 Å². The lowest BCUT2D eigenvalue weighted by atomic mass is 9.99. The first-order chi connectivity index (χ1) is 7.65. The maximum absolute atomic E-state index is 11.7. The first kappa shape index (κ1) is 13.5. The molecule has 4 nitrogen and oxygen atoms in total. The quantitative estimate of drug-likeness (QED) is 0.739. The minimum atomic E-state index is -0.395. The zero-order valence-corrected chi connectivity index (χ0v) is 10.4. The summed E-state index contributed by atoms with van der Waals surface area (Å²) in [4.78, 5) is 11.7. The molecule has 1 heterocycles. The summed E-state index contributed by atoms with van der Waals surface area (Å²) in [5.41, 5.74) is 5.83. The summed E-state index contributed by atoms with van der Waals surface area (Å²) in [7, 11) is 0. The van der Waals surface area contributed by atoms with E-state index in [1.165, 1.54) is 6.42 Å². The second-order valence-corrected chi connectivity index (χ2v) is 4.65. The molecule has 0 aromatic heterocycles. The Morgan fingerprint density at radius 1 is 1.56 bits per heavy atom. The monoisotopic (exact) mass is 228 g/mol. The second kappa shape index (κ2) is 6.86. The third-order valence-electron chi connectivity index (χ3n) is 3.34. The van der Waals surface area contributed by atoms with E-state index in [4.69, 9.17) is 10.5 Å². The van der Waals surface area contributed by atoms with Crippen molar-refractivity contribution in [3.05, 3.63) is 0 Å². The molecule has 1 saturated heterocycles. The fourth-order valence-electron chi connectivity index (χ4n) is 1.81. The van der Waals surface area contributed by atoms with Gasteiger partial charge in [-0.05, 0) is 25.2 Å². The Morgan fingerprint density at radius 3 is 2.88 bits per heavy atom. The van der Waals surface area contributed by atoms with Gasteiger partial charge in [0.15, 0.2) is 0 Å². The molecule has 3 atom stereocenters. The fraction of sp³-hybridized carbons (Fsp3) is 0.917. The van der Waals surface area contributed by atoms with E-state index in [2.05, 4.69) is 5.32 Å². The summed E-state index contributed by atoms with van der Waals surface area (Å²) < 4.78 is 5.54. The minimum absolute atomic E-state index is 0.0523. The Balaban J connectivity index is 2.23. The highest BCUT2D eigenvalue weighted by atomic mass is 16.5. The molecule has 0 spiro atoms. The lowest BCUT2D eigenvalue weighted by molar-refractivity contribution is -0.124. The van der Waals surface area contributed by atoms with Crippen LogP contribution in [0.1, 0.15) is 39.5 Å². The van der Waals surface area contributed by atoms with E-state index in [1.54, 1.807) is 0 Å². The van der Waals surface area contributed by atoms with Gasteiger partial charge < -0.3 is 15.8 Å². The summed E-state index contributed by atoms with van der Waals surface area (Å²) in [5.74, 6) is 0.177. The molecule has 0 aromatic carbocycles. The van der Waals surface area contributed by atoms with Gasteiger partial charge >= 0.3 is 0 Å². The topological polar surface area (TPSA) is 64.4 Å². The van der Waals surface area contributed by atoms with Crippen LogP contribution in [-0.2, 0) is 9.53 Å². The van der Waals surface area contributed by atoms with E-state index >= 15 is 0 Å². The third-order valence-corrected chi connectivity index (χ3v) is 3.34. The van der Waals surface area contributed by atoms with Gasteiger partial charge in [0.2, 0.25) is 5.91 Å². The molecule has 1 unspecified atom stereocenters. The van der Waals surface area contributed by atoms with E-state index < -0.39 is 6.04 Å². The van der Waals surface area contributed by atoms with Crippen LogP contribution >= 0.6 is 0 Å². The van der Waals surface area contributed by atoms with Crippen LogP contribution in [0.3, 0.4) is 0 Å². The van der Waals surface area contributed by atoms with Crippen molar-refractivity contribution < 1.29 is 9.53 Å². The van der Waals surface area contributed by atoms with Crippen LogP contribution in [0.5, 0.6) is 0 Å². The maximum atomic E-state index is 11.7. The Morgan fingerprint density at radius 2 is 2.31 bits per heavy atom. The summed E-state index contributed by atoms with van der Waals surface area (Å²) >= 11 is 0. The first-order valence-electron chi connectivity index (χ1n) is 6.30. The highest BCUT2D eigenvalue weighted by Gasteiger charge is 2.21. The molecule has 1 aliphatic rings. The van der Waals surface area contributed by atoms with Crippen molar-refractivity contribution in [3.63, 3.8) is 0 Å². The largest absolute Gasteiger partial charge is 0.376 e. The van der Waals surface area contributed by atoms with Crippen LogP contribution in [0.25, 0.3) is 0 Å². The van der Waals surface area contributed by atoms with Crippen molar-refractivity contribution in [1.29, 1.82) is 0 Å². The van der Waals surface area contributed by atoms with Gasteiger partial charge in [-0.2, -0.15) is 0 Å². The first-order valence-corrected chi connectivity index (χ1v) is 6.30. The number of amides is 1. The number of nitrogens with one attached hydrogen (secondary N) is 1. The van der Waals surface area contributed by atoms with E-state index in [9.17, 15) is 4.79 Å². The Kier molecular flexibility index (Phi) is 5.77. The van der Waals surface area contributed by atoms with Crippen LogP contribution in [0.15, 0.2) is 0 Å². The molecule has 0 aliphatic carbocycles. The molecule has 1 fully saturated rings. The van der Waals surface area contributed by atoms with E-state index in [-0.39, 0.29) is 17.9 Å². The number of rotatable bonds is 5. The van der Waals surface area contributed by atoms with Crippen LogP contribution in [0.2, 0.25) is 0 Å². The van der Waals surface area contributed by atoms with Crippen molar-refractivity contribution in [3.8, 4) is 0 Å². The summed E-state index contributed by atoms with van der Waals surface area (Å²) in [6, 6.07) is -0.395. The zero-order valence-electron chi connectivity index (χ0n) is 10.4. The van der Waals surface area contributed by atoms with Crippen molar-refractivity contribution in [2.45, 2.75) is 51.7 Å². The normalized spacial score (nSPS) is 24.8. The van der Waals surface area contributed by atoms with Crippen LogP contribution in [-0.4, -0.2) is 31.2 Å². The average molecular weight is 228 g/mol. The smallest absolute Gasteiger partial charge is 0.237 e. The SMILES string of the molecule is CC[C@H](C)[C@H](N)C(=O)NCC1CCCCO1. The molecular weight excluding hydrogens is 204 g/mol. The number of ether oxygens (including phenoxy) is 1. The molecule has 16 heavy (non-hydrogen) atoms.